The Morgan fingerprint density at radius 1 is 1.48 bits per heavy atom. The van der Waals surface area contributed by atoms with Gasteiger partial charge >= 0.3 is 5.97 Å². The number of aromatic carboxylic acids is 1. The van der Waals surface area contributed by atoms with Crippen LogP contribution in [0.5, 0.6) is 5.75 Å². The van der Waals surface area contributed by atoms with E-state index in [0.29, 0.717) is 30.5 Å². The number of ether oxygens (including phenoxy) is 1. The van der Waals surface area contributed by atoms with Crippen LogP contribution in [0.4, 0.5) is 10.2 Å². The minimum Gasteiger partial charge on any atom is -0.494 e. The average Bonchev–Trinajstić information content (AvgIpc) is 3.22. The summed E-state index contributed by atoms with van der Waals surface area (Å²) in [4.78, 5) is 15.8. The van der Waals surface area contributed by atoms with Crippen LogP contribution in [-0.4, -0.2) is 61.5 Å². The lowest BCUT2D eigenvalue weighted by molar-refractivity contribution is 0.0698. The van der Waals surface area contributed by atoms with Gasteiger partial charge < -0.3 is 24.2 Å². The van der Waals surface area contributed by atoms with E-state index in [0.717, 1.165) is 6.42 Å². The number of carboxylic acids is 1. The second-order valence-corrected chi connectivity index (χ2v) is 6.22. The first kappa shape index (κ1) is 17.2. The molecule has 1 unspecified atom stereocenters. The highest BCUT2D eigenvalue weighted by atomic mass is 19.1. The van der Waals surface area contributed by atoms with Crippen molar-refractivity contribution in [2.45, 2.75) is 12.5 Å². The van der Waals surface area contributed by atoms with E-state index in [1.54, 1.807) is 0 Å². The molecule has 2 heterocycles. The SMILES string of the molecule is COc1cc(-c2onc(N3CCC(N(C)C)C3)c2C(=O)O)ccc1F. The lowest BCUT2D eigenvalue weighted by Crippen LogP contribution is -2.32. The van der Waals surface area contributed by atoms with Gasteiger partial charge in [-0.3, -0.25) is 0 Å². The number of hydrogen-bond acceptors (Lipinski definition) is 6. The van der Waals surface area contributed by atoms with Crippen molar-refractivity contribution in [3.05, 3.63) is 29.6 Å². The molecule has 3 rings (SSSR count). The molecule has 0 amide bonds. The normalized spacial score (nSPS) is 17.3. The Labute approximate surface area is 144 Å². The van der Waals surface area contributed by atoms with Gasteiger partial charge in [0.2, 0.25) is 0 Å². The molecule has 134 valence electrons. The Balaban J connectivity index is 2.00. The number of anilines is 1. The molecule has 0 spiro atoms. The molecule has 7 nitrogen and oxygen atoms in total. The van der Waals surface area contributed by atoms with Gasteiger partial charge in [-0.05, 0) is 38.7 Å². The van der Waals surface area contributed by atoms with E-state index < -0.39 is 11.8 Å². The Morgan fingerprint density at radius 3 is 2.84 bits per heavy atom. The number of halogens is 1. The second kappa shape index (κ2) is 6.72. The van der Waals surface area contributed by atoms with Gasteiger partial charge in [-0.1, -0.05) is 5.16 Å². The summed E-state index contributed by atoms with van der Waals surface area (Å²) in [6.07, 6.45) is 0.915. The van der Waals surface area contributed by atoms with Crippen LogP contribution in [0.3, 0.4) is 0 Å². The number of rotatable bonds is 5. The standard InChI is InChI=1S/C17H20FN3O4/c1-20(2)11-6-7-21(9-11)16-14(17(22)23)15(25-19-16)10-4-5-12(18)13(8-10)24-3/h4-5,8,11H,6-7,9H2,1-3H3,(H,22,23). The van der Waals surface area contributed by atoms with E-state index >= 15 is 0 Å². The lowest BCUT2D eigenvalue weighted by Gasteiger charge is -2.20. The molecule has 1 fully saturated rings. The summed E-state index contributed by atoms with van der Waals surface area (Å²) in [6.45, 7) is 1.37. The van der Waals surface area contributed by atoms with Crippen molar-refractivity contribution in [2.24, 2.45) is 0 Å². The Morgan fingerprint density at radius 2 is 2.24 bits per heavy atom. The van der Waals surface area contributed by atoms with Crippen LogP contribution in [0.25, 0.3) is 11.3 Å². The van der Waals surface area contributed by atoms with Crippen LogP contribution in [0.2, 0.25) is 0 Å². The smallest absolute Gasteiger partial charge is 0.343 e. The van der Waals surface area contributed by atoms with Crippen LogP contribution < -0.4 is 9.64 Å². The van der Waals surface area contributed by atoms with E-state index in [2.05, 4.69) is 10.1 Å². The molecule has 1 aliphatic heterocycles. The highest BCUT2D eigenvalue weighted by Gasteiger charge is 2.32. The third kappa shape index (κ3) is 3.17. The number of hydrogen-bond donors (Lipinski definition) is 1. The van der Waals surface area contributed by atoms with Crippen molar-refractivity contribution in [3.63, 3.8) is 0 Å². The van der Waals surface area contributed by atoms with Crippen molar-refractivity contribution >= 4 is 11.8 Å². The lowest BCUT2D eigenvalue weighted by atomic mass is 10.1. The van der Waals surface area contributed by atoms with Crippen molar-refractivity contribution in [2.75, 3.05) is 39.2 Å². The maximum atomic E-state index is 13.6. The number of methoxy groups -OCH3 is 1. The molecular formula is C17H20FN3O4. The summed E-state index contributed by atoms with van der Waals surface area (Å²) in [6, 6.07) is 4.38. The van der Waals surface area contributed by atoms with E-state index in [9.17, 15) is 14.3 Å². The van der Waals surface area contributed by atoms with Crippen molar-refractivity contribution < 1.29 is 23.6 Å². The Hall–Kier alpha value is -2.61. The zero-order valence-corrected chi connectivity index (χ0v) is 14.3. The fourth-order valence-corrected chi connectivity index (χ4v) is 3.04. The van der Waals surface area contributed by atoms with Gasteiger partial charge in [-0.2, -0.15) is 0 Å². The largest absolute Gasteiger partial charge is 0.494 e. The summed E-state index contributed by atoms with van der Waals surface area (Å²) in [7, 11) is 5.33. The highest BCUT2D eigenvalue weighted by Crippen LogP contribution is 2.35. The monoisotopic (exact) mass is 349 g/mol. The maximum absolute atomic E-state index is 13.6. The summed E-state index contributed by atoms with van der Waals surface area (Å²) in [5, 5.41) is 13.7. The molecule has 0 aliphatic carbocycles. The van der Waals surface area contributed by atoms with Crippen molar-refractivity contribution in [3.8, 4) is 17.1 Å². The first-order valence-electron chi connectivity index (χ1n) is 7.90. The molecule has 0 bridgehead atoms. The summed E-state index contributed by atoms with van der Waals surface area (Å²) in [5.74, 6) is -1.26. The predicted octanol–water partition coefficient (Wildman–Crippen LogP) is 2.33. The molecular weight excluding hydrogens is 329 g/mol. The molecule has 8 heteroatoms. The summed E-state index contributed by atoms with van der Waals surface area (Å²) in [5.41, 5.74) is 0.380. The minimum absolute atomic E-state index is 0.0145. The summed E-state index contributed by atoms with van der Waals surface area (Å²) >= 11 is 0. The molecule has 1 aliphatic rings. The molecule has 1 aromatic heterocycles. The van der Waals surface area contributed by atoms with Crippen LogP contribution in [0.1, 0.15) is 16.8 Å². The Kier molecular flexibility index (Phi) is 4.63. The van der Waals surface area contributed by atoms with Gasteiger partial charge in [-0.25, -0.2) is 9.18 Å². The van der Waals surface area contributed by atoms with E-state index in [1.165, 1.54) is 25.3 Å². The molecule has 25 heavy (non-hydrogen) atoms. The van der Waals surface area contributed by atoms with Crippen LogP contribution in [0.15, 0.2) is 22.7 Å². The van der Waals surface area contributed by atoms with Crippen LogP contribution in [0, 0.1) is 5.82 Å². The molecule has 1 atom stereocenters. The van der Waals surface area contributed by atoms with Gasteiger partial charge in [0, 0.05) is 24.7 Å². The zero-order chi connectivity index (χ0) is 18.1. The number of nitrogens with zero attached hydrogens (tertiary/aromatic N) is 3. The Bertz CT molecular complexity index is 790. The molecule has 0 saturated carbocycles. The van der Waals surface area contributed by atoms with Crippen LogP contribution >= 0.6 is 0 Å². The third-order valence-electron chi connectivity index (χ3n) is 4.49. The molecule has 1 aromatic carbocycles. The van der Waals surface area contributed by atoms with Gasteiger partial charge in [0.25, 0.3) is 0 Å². The van der Waals surface area contributed by atoms with Crippen LogP contribution in [-0.2, 0) is 0 Å². The first-order valence-corrected chi connectivity index (χ1v) is 7.90. The van der Waals surface area contributed by atoms with E-state index in [-0.39, 0.29) is 17.1 Å². The first-order chi connectivity index (χ1) is 11.9. The van der Waals surface area contributed by atoms with E-state index in [1.807, 2.05) is 19.0 Å². The second-order valence-electron chi connectivity index (χ2n) is 6.22. The number of aromatic nitrogens is 1. The van der Waals surface area contributed by atoms with E-state index in [4.69, 9.17) is 9.26 Å². The maximum Gasteiger partial charge on any atom is 0.343 e. The fraction of sp³-hybridized carbons (Fsp3) is 0.412. The van der Waals surface area contributed by atoms with Gasteiger partial charge in [0.05, 0.1) is 7.11 Å². The molecule has 1 N–H and O–H groups in total. The zero-order valence-electron chi connectivity index (χ0n) is 14.3. The minimum atomic E-state index is -1.14. The quantitative estimate of drug-likeness (QED) is 0.887. The van der Waals surface area contributed by atoms with Gasteiger partial charge in [-0.15, -0.1) is 0 Å². The van der Waals surface area contributed by atoms with Crippen molar-refractivity contribution in [1.29, 1.82) is 0 Å². The van der Waals surface area contributed by atoms with Gasteiger partial charge in [0.15, 0.2) is 28.7 Å². The topological polar surface area (TPSA) is 79.0 Å². The number of likely N-dealkylation sites (N-methyl/N-ethyl adjacent to an activating group) is 1. The predicted molar refractivity (Wildman–Crippen MR) is 89.7 cm³/mol. The third-order valence-corrected chi connectivity index (χ3v) is 4.49. The highest BCUT2D eigenvalue weighted by molar-refractivity contribution is 5.99. The molecule has 2 aromatic rings. The number of carbonyl (C=O) groups is 1. The fourth-order valence-electron chi connectivity index (χ4n) is 3.04. The number of benzene rings is 1. The molecule has 0 radical (unpaired) electrons. The number of carboxylic acid groups (broad SMARTS) is 1. The average molecular weight is 349 g/mol. The van der Waals surface area contributed by atoms with Crippen molar-refractivity contribution in [1.82, 2.24) is 10.1 Å². The van der Waals surface area contributed by atoms with Gasteiger partial charge in [0.1, 0.15) is 0 Å². The summed E-state index contributed by atoms with van der Waals surface area (Å²) < 4.78 is 23.9. The molecule has 1 saturated heterocycles.